The highest BCUT2D eigenvalue weighted by Crippen LogP contribution is 2.62. The van der Waals surface area contributed by atoms with Crippen LogP contribution in [0.1, 0.15) is 68.9 Å². The van der Waals surface area contributed by atoms with Crippen molar-refractivity contribution in [3.05, 3.63) is 58.5 Å². The van der Waals surface area contributed by atoms with Gasteiger partial charge in [0, 0.05) is 29.5 Å². The molecule has 3 aliphatic rings. The number of nitrogens with zero attached hydrogens (tertiary/aromatic N) is 1. The number of rotatable bonds is 5. The number of amides is 1. The van der Waals surface area contributed by atoms with E-state index < -0.39 is 5.82 Å². The summed E-state index contributed by atoms with van der Waals surface area (Å²) in [6.45, 7) is 2.18. The van der Waals surface area contributed by atoms with Crippen molar-refractivity contribution in [2.24, 2.45) is 23.2 Å². The number of benzene rings is 1. The first kappa shape index (κ1) is 22.5. The smallest absolute Gasteiger partial charge is 0.225 e. The molecule has 2 saturated carbocycles. The van der Waals surface area contributed by atoms with Crippen molar-refractivity contribution in [1.29, 1.82) is 0 Å². The van der Waals surface area contributed by atoms with Gasteiger partial charge in [0.25, 0.3) is 0 Å². The van der Waals surface area contributed by atoms with Gasteiger partial charge < -0.3 is 5.32 Å². The lowest BCUT2D eigenvalue weighted by atomic mass is 9.54. The summed E-state index contributed by atoms with van der Waals surface area (Å²) in [5.41, 5.74) is 2.55. The van der Waals surface area contributed by atoms with E-state index in [-0.39, 0.29) is 17.1 Å². The third-order valence-electron chi connectivity index (χ3n) is 8.53. The van der Waals surface area contributed by atoms with Gasteiger partial charge >= 0.3 is 0 Å². The average molecular weight is 469 g/mol. The summed E-state index contributed by atoms with van der Waals surface area (Å²) in [4.78, 5) is 29.4. The van der Waals surface area contributed by atoms with Crippen molar-refractivity contribution < 1.29 is 14.0 Å². The van der Waals surface area contributed by atoms with Crippen molar-refractivity contribution in [3.63, 3.8) is 0 Å². The second kappa shape index (κ2) is 8.83. The number of pyridine rings is 1. The zero-order valence-corrected chi connectivity index (χ0v) is 19.7. The zero-order valence-electron chi connectivity index (χ0n) is 18.9. The molecule has 3 aliphatic carbocycles. The van der Waals surface area contributed by atoms with E-state index in [1.807, 2.05) is 6.07 Å². The van der Waals surface area contributed by atoms with E-state index in [1.165, 1.54) is 29.5 Å². The largest absolute Gasteiger partial charge is 0.308 e. The Morgan fingerprint density at radius 1 is 1.30 bits per heavy atom. The van der Waals surface area contributed by atoms with E-state index in [4.69, 9.17) is 11.6 Å². The molecule has 3 unspecified atom stereocenters. The average Bonchev–Trinajstić information content (AvgIpc) is 3.05. The minimum absolute atomic E-state index is 0.0257. The van der Waals surface area contributed by atoms with Gasteiger partial charge in [0.1, 0.15) is 5.78 Å². The van der Waals surface area contributed by atoms with E-state index in [1.54, 1.807) is 0 Å². The van der Waals surface area contributed by atoms with E-state index in [9.17, 15) is 14.0 Å². The number of ketones is 1. The number of anilines is 1. The molecule has 0 saturated heterocycles. The number of aryl methyl sites for hydroxylation is 1. The third kappa shape index (κ3) is 4.09. The molecule has 0 spiro atoms. The number of fused-ring (bicyclic) bond motifs is 5. The number of nitrogens with one attached hydrogen (secondary N) is 1. The van der Waals surface area contributed by atoms with Crippen LogP contribution in [0.3, 0.4) is 0 Å². The van der Waals surface area contributed by atoms with E-state index in [2.05, 4.69) is 29.4 Å². The molecule has 0 aliphatic heterocycles. The monoisotopic (exact) mass is 468 g/mol. The van der Waals surface area contributed by atoms with Gasteiger partial charge in [0.05, 0.1) is 0 Å². The molecule has 2 aromatic rings. The molecule has 33 heavy (non-hydrogen) atoms. The molecular formula is C27H30ClFN2O2. The van der Waals surface area contributed by atoms with Crippen molar-refractivity contribution in [2.45, 2.75) is 64.2 Å². The second-order valence-corrected chi connectivity index (χ2v) is 10.7. The Hall–Kier alpha value is -2.27. The Balaban J connectivity index is 1.27. The third-order valence-corrected chi connectivity index (χ3v) is 8.76. The summed E-state index contributed by atoms with van der Waals surface area (Å²) in [6, 6.07) is 9.08. The normalized spacial score (nSPS) is 30.3. The predicted molar refractivity (Wildman–Crippen MR) is 127 cm³/mol. The molecule has 174 valence electrons. The van der Waals surface area contributed by atoms with Crippen LogP contribution in [0.5, 0.6) is 0 Å². The van der Waals surface area contributed by atoms with Crippen LogP contribution in [-0.2, 0) is 16.0 Å². The molecular weight excluding hydrogens is 439 g/mol. The first-order chi connectivity index (χ1) is 15.9. The van der Waals surface area contributed by atoms with Crippen LogP contribution in [0.4, 0.5) is 10.2 Å². The molecule has 1 N–H and O–H groups in total. The zero-order chi connectivity index (χ0) is 23.2. The van der Waals surface area contributed by atoms with Gasteiger partial charge in [-0.05, 0) is 97.6 Å². The maximum Gasteiger partial charge on any atom is 0.225 e. The number of hydrogen-bond donors (Lipinski definition) is 1. The van der Waals surface area contributed by atoms with Crippen LogP contribution in [0.25, 0.3) is 0 Å². The molecule has 4 nitrogen and oxygen atoms in total. The van der Waals surface area contributed by atoms with Crippen LogP contribution in [0.15, 0.2) is 36.5 Å². The first-order valence-corrected chi connectivity index (χ1v) is 12.5. The van der Waals surface area contributed by atoms with Gasteiger partial charge in [-0.1, -0.05) is 24.6 Å². The van der Waals surface area contributed by atoms with Crippen LogP contribution in [0, 0.1) is 29.0 Å². The molecule has 5 atom stereocenters. The standard InChI is InChI=1S/C27H30ClFN2O2/c1-27-12-11-20-19-10-8-18(28)14-16(19)7-9-21(20)25(27)17(15-23(27)32)4-2-6-24(33)31-26-22(29)5-3-13-30-26/h3,5,8,10,13-14,17,20-21,25H,2,4,6-7,9,11-12,15H2,1H3,(H,30,31,33)/t17-,20?,21?,25?,27-/m1/s1. The first-order valence-electron chi connectivity index (χ1n) is 12.1. The highest BCUT2D eigenvalue weighted by Gasteiger charge is 2.58. The number of carbonyl (C=O) groups is 2. The van der Waals surface area contributed by atoms with Crippen LogP contribution in [0.2, 0.25) is 5.02 Å². The molecule has 2 fully saturated rings. The Morgan fingerprint density at radius 2 is 2.15 bits per heavy atom. The number of hydrogen-bond acceptors (Lipinski definition) is 3. The van der Waals surface area contributed by atoms with Gasteiger partial charge in [-0.15, -0.1) is 0 Å². The molecule has 1 heterocycles. The molecule has 6 heteroatoms. The van der Waals surface area contributed by atoms with Crippen LogP contribution >= 0.6 is 11.6 Å². The van der Waals surface area contributed by atoms with Gasteiger partial charge in [0.15, 0.2) is 11.6 Å². The number of aromatic nitrogens is 1. The molecule has 1 aromatic carbocycles. The number of carbonyl (C=O) groups excluding carboxylic acids is 2. The van der Waals surface area contributed by atoms with E-state index >= 15 is 0 Å². The summed E-state index contributed by atoms with van der Waals surface area (Å²) < 4.78 is 13.8. The van der Waals surface area contributed by atoms with E-state index in [0.29, 0.717) is 48.7 Å². The topological polar surface area (TPSA) is 59.1 Å². The molecule has 5 rings (SSSR count). The Morgan fingerprint density at radius 3 is 2.97 bits per heavy atom. The van der Waals surface area contributed by atoms with Crippen molar-refractivity contribution in [2.75, 3.05) is 5.32 Å². The summed E-state index contributed by atoms with van der Waals surface area (Å²) in [6.07, 6.45) is 8.03. The summed E-state index contributed by atoms with van der Waals surface area (Å²) in [5, 5.41) is 3.36. The van der Waals surface area contributed by atoms with E-state index in [0.717, 1.165) is 37.1 Å². The quantitative estimate of drug-likeness (QED) is 0.557. The van der Waals surface area contributed by atoms with Crippen molar-refractivity contribution in [1.82, 2.24) is 4.98 Å². The van der Waals surface area contributed by atoms with Crippen molar-refractivity contribution in [3.8, 4) is 0 Å². The summed E-state index contributed by atoms with van der Waals surface area (Å²) in [7, 11) is 0. The summed E-state index contributed by atoms with van der Waals surface area (Å²) >= 11 is 6.25. The fourth-order valence-corrected chi connectivity index (χ4v) is 7.27. The lowest BCUT2D eigenvalue weighted by Crippen LogP contribution is -2.44. The number of halogens is 2. The predicted octanol–water partition coefficient (Wildman–Crippen LogP) is 6.33. The number of Topliss-reactive ketones (excluding diaryl/α,β-unsaturated/α-hetero) is 1. The lowest BCUT2D eigenvalue weighted by Gasteiger charge is -2.50. The minimum Gasteiger partial charge on any atom is -0.308 e. The molecule has 1 amide bonds. The van der Waals surface area contributed by atoms with Gasteiger partial charge in [-0.2, -0.15) is 0 Å². The fraction of sp³-hybridized carbons (Fsp3) is 0.519. The molecule has 1 aromatic heterocycles. The van der Waals surface area contributed by atoms with Crippen molar-refractivity contribution >= 4 is 29.1 Å². The highest BCUT2D eigenvalue weighted by atomic mass is 35.5. The highest BCUT2D eigenvalue weighted by molar-refractivity contribution is 6.30. The van der Waals surface area contributed by atoms with Crippen LogP contribution in [-0.4, -0.2) is 16.7 Å². The maximum absolute atomic E-state index is 13.8. The Labute approximate surface area is 199 Å². The second-order valence-electron chi connectivity index (χ2n) is 10.3. The summed E-state index contributed by atoms with van der Waals surface area (Å²) in [5.74, 6) is 1.28. The maximum atomic E-state index is 13.8. The fourth-order valence-electron chi connectivity index (χ4n) is 7.07. The molecule has 0 radical (unpaired) electrons. The van der Waals surface area contributed by atoms with Gasteiger partial charge in [-0.3, -0.25) is 9.59 Å². The van der Waals surface area contributed by atoms with Gasteiger partial charge in [-0.25, -0.2) is 9.37 Å². The van der Waals surface area contributed by atoms with Crippen LogP contribution < -0.4 is 5.32 Å². The van der Waals surface area contributed by atoms with Gasteiger partial charge in [0.2, 0.25) is 5.91 Å². The minimum atomic E-state index is -0.532. The lowest BCUT2D eigenvalue weighted by molar-refractivity contribution is -0.129. The SMILES string of the molecule is C[C@]12CCC3c4ccc(Cl)cc4CCC3C1[C@H](CCCC(=O)Nc1ncccc1F)CC2=O. The Bertz CT molecular complexity index is 1090. The Kier molecular flexibility index (Phi) is 6.02. The molecule has 0 bridgehead atoms.